The van der Waals surface area contributed by atoms with E-state index in [4.69, 9.17) is 20.1 Å². The Morgan fingerprint density at radius 3 is 2.71 bits per heavy atom. The number of fused-ring (bicyclic) bond motifs is 1. The fraction of sp³-hybridized carbons (Fsp3) is 0.500. The first-order valence-electron chi connectivity index (χ1n) is 8.74. The van der Waals surface area contributed by atoms with Crippen LogP contribution in [0.4, 0.5) is 5.82 Å². The number of nitrogen functional groups attached to an aromatic ring is 1. The molecule has 16 nitrogen and oxygen atoms in total. The molecule has 2 aromatic heterocycles. The number of hydrogen-bond acceptors (Lipinski definition) is 11. The number of carbonyl (C=O) groups excluding carboxylic acids is 1. The van der Waals surface area contributed by atoms with Crippen molar-refractivity contribution in [2.24, 2.45) is 0 Å². The normalized spacial score (nSPS) is 25.4. The van der Waals surface area contributed by atoms with Crippen molar-refractivity contribution in [2.45, 2.75) is 24.5 Å². The number of nitrogens with two attached hydrogens (primary N) is 1. The maximum absolute atomic E-state index is 12.0. The monoisotopic (exact) mass is 461 g/mol. The summed E-state index contributed by atoms with van der Waals surface area (Å²) in [5.74, 6) is -2.02. The van der Waals surface area contributed by atoms with Crippen molar-refractivity contribution in [1.29, 1.82) is 0 Å². The smallest absolute Gasteiger partial charge is 0.403 e. The molecule has 31 heavy (non-hydrogen) atoms. The van der Waals surface area contributed by atoms with Gasteiger partial charge in [-0.15, -0.1) is 0 Å². The Balaban J connectivity index is 1.59. The number of rotatable bonds is 9. The zero-order valence-corrected chi connectivity index (χ0v) is 16.6. The number of hydrogen-bond donors (Lipinski definition) is 7. The van der Waals surface area contributed by atoms with Crippen LogP contribution in [0, 0.1) is 0 Å². The SMILES string of the molecule is Nc1ncnc2c1ncn2[C@@H]1O[C@H](COP(=O)(O)NCC(=O)NCC(=O)O)[C@@H](O)[C@H]1O. The number of aliphatic carboxylic acids is 1. The zero-order valence-electron chi connectivity index (χ0n) is 15.7. The summed E-state index contributed by atoms with van der Waals surface area (Å²) in [6.45, 7) is -1.96. The lowest BCUT2D eigenvalue weighted by Crippen LogP contribution is -2.37. The Labute approximate surface area is 173 Å². The average molecular weight is 461 g/mol. The molecule has 170 valence electrons. The fourth-order valence-corrected chi connectivity index (χ4v) is 3.57. The number of imidazole rings is 1. The van der Waals surface area contributed by atoms with E-state index in [-0.39, 0.29) is 17.0 Å². The molecule has 3 rings (SSSR count). The first-order chi connectivity index (χ1) is 14.6. The molecule has 3 heterocycles. The van der Waals surface area contributed by atoms with Crippen molar-refractivity contribution in [3.8, 4) is 0 Å². The molecule has 5 atom stereocenters. The number of aliphatic hydroxyl groups excluding tert-OH is 2. The minimum atomic E-state index is -4.51. The van der Waals surface area contributed by atoms with Gasteiger partial charge in [-0.3, -0.25) is 18.7 Å². The molecule has 0 aromatic carbocycles. The minimum Gasteiger partial charge on any atom is -0.480 e. The van der Waals surface area contributed by atoms with Gasteiger partial charge in [-0.25, -0.2) is 24.6 Å². The predicted molar refractivity (Wildman–Crippen MR) is 100 cm³/mol. The molecule has 1 saturated heterocycles. The molecule has 0 radical (unpaired) electrons. The summed E-state index contributed by atoms with van der Waals surface area (Å²) in [6.07, 6.45) is -2.81. The predicted octanol–water partition coefficient (Wildman–Crippen LogP) is -3.06. The van der Waals surface area contributed by atoms with Gasteiger partial charge in [-0.1, -0.05) is 0 Å². The molecule has 17 heteroatoms. The van der Waals surface area contributed by atoms with Crippen LogP contribution < -0.4 is 16.1 Å². The minimum absolute atomic E-state index is 0.108. The summed E-state index contributed by atoms with van der Waals surface area (Å²) in [6, 6.07) is 0. The summed E-state index contributed by atoms with van der Waals surface area (Å²) in [7, 11) is -4.51. The first-order valence-corrected chi connectivity index (χ1v) is 10.3. The fourth-order valence-electron chi connectivity index (χ4n) is 2.78. The number of carboxylic acids is 1. The van der Waals surface area contributed by atoms with Gasteiger partial charge in [-0.05, 0) is 0 Å². The molecular formula is C14H20N7O9P. The van der Waals surface area contributed by atoms with Crippen LogP contribution in [0.2, 0.25) is 0 Å². The van der Waals surface area contributed by atoms with Gasteiger partial charge in [0.15, 0.2) is 17.7 Å². The summed E-state index contributed by atoms with van der Waals surface area (Å²) in [5, 5.41) is 33.0. The van der Waals surface area contributed by atoms with E-state index < -0.39 is 63.9 Å². The number of carbonyl (C=O) groups is 2. The summed E-state index contributed by atoms with van der Waals surface area (Å²) in [4.78, 5) is 43.4. The number of amides is 1. The molecule has 2 aromatic rings. The third-order valence-electron chi connectivity index (χ3n) is 4.29. The van der Waals surface area contributed by atoms with Crippen LogP contribution >= 0.6 is 7.75 Å². The number of aliphatic hydroxyl groups is 2. The third-order valence-corrected chi connectivity index (χ3v) is 5.35. The lowest BCUT2D eigenvalue weighted by molar-refractivity contribution is -0.137. The van der Waals surface area contributed by atoms with E-state index >= 15 is 0 Å². The molecule has 1 aliphatic heterocycles. The molecule has 0 bridgehead atoms. The Hall–Kier alpha value is -2.72. The lowest BCUT2D eigenvalue weighted by Gasteiger charge is -2.18. The maximum Gasteiger partial charge on any atom is 0.403 e. The van der Waals surface area contributed by atoms with Crippen LogP contribution in [0.3, 0.4) is 0 Å². The number of nitrogens with zero attached hydrogens (tertiary/aromatic N) is 4. The van der Waals surface area contributed by atoms with Crippen molar-refractivity contribution >= 4 is 36.6 Å². The zero-order chi connectivity index (χ0) is 22.8. The molecule has 1 aliphatic rings. The van der Waals surface area contributed by atoms with Gasteiger partial charge in [0.1, 0.15) is 36.7 Å². The maximum atomic E-state index is 12.0. The van der Waals surface area contributed by atoms with E-state index in [2.05, 4.69) is 15.0 Å². The van der Waals surface area contributed by atoms with Gasteiger partial charge in [-0.2, -0.15) is 0 Å². The van der Waals surface area contributed by atoms with E-state index in [1.54, 1.807) is 0 Å². The van der Waals surface area contributed by atoms with Gasteiger partial charge in [0.25, 0.3) is 0 Å². The van der Waals surface area contributed by atoms with Gasteiger partial charge in [0, 0.05) is 0 Å². The first kappa shape index (κ1) is 23.0. The number of ether oxygens (including phenoxy) is 1. The summed E-state index contributed by atoms with van der Waals surface area (Å²) < 4.78 is 23.7. The molecular weight excluding hydrogens is 441 g/mol. The second kappa shape index (κ2) is 9.19. The summed E-state index contributed by atoms with van der Waals surface area (Å²) >= 11 is 0. The quantitative estimate of drug-likeness (QED) is 0.183. The van der Waals surface area contributed by atoms with Crippen molar-refractivity contribution in [3.05, 3.63) is 12.7 Å². The van der Waals surface area contributed by atoms with Crippen LogP contribution in [-0.4, -0.2) is 89.6 Å². The highest BCUT2D eigenvalue weighted by atomic mass is 31.2. The van der Waals surface area contributed by atoms with E-state index in [9.17, 15) is 29.3 Å². The number of carboxylic acid groups (broad SMARTS) is 1. The highest BCUT2D eigenvalue weighted by Crippen LogP contribution is 2.39. The second-order valence-electron chi connectivity index (χ2n) is 6.45. The van der Waals surface area contributed by atoms with Gasteiger partial charge in [0.2, 0.25) is 5.91 Å². The van der Waals surface area contributed by atoms with E-state index in [1.807, 2.05) is 10.4 Å². The lowest BCUT2D eigenvalue weighted by atomic mass is 10.1. The van der Waals surface area contributed by atoms with Gasteiger partial charge >= 0.3 is 13.7 Å². The van der Waals surface area contributed by atoms with Crippen molar-refractivity contribution in [2.75, 3.05) is 25.4 Å². The van der Waals surface area contributed by atoms with E-state index in [0.717, 1.165) is 0 Å². The third kappa shape index (κ3) is 5.31. The molecule has 0 aliphatic carbocycles. The van der Waals surface area contributed by atoms with Crippen LogP contribution in [0.15, 0.2) is 12.7 Å². The highest BCUT2D eigenvalue weighted by molar-refractivity contribution is 7.50. The molecule has 8 N–H and O–H groups in total. The Morgan fingerprint density at radius 1 is 1.26 bits per heavy atom. The molecule has 0 saturated carbocycles. The average Bonchev–Trinajstić information content (AvgIpc) is 3.26. The number of anilines is 1. The van der Waals surface area contributed by atoms with Crippen molar-refractivity contribution in [1.82, 2.24) is 29.9 Å². The molecule has 0 spiro atoms. The van der Waals surface area contributed by atoms with Crippen LogP contribution in [-0.2, 0) is 23.4 Å². The van der Waals surface area contributed by atoms with Crippen molar-refractivity contribution < 1.29 is 43.6 Å². The topological polar surface area (TPSA) is 244 Å². The summed E-state index contributed by atoms with van der Waals surface area (Å²) in [5.41, 5.74) is 6.22. The second-order valence-corrected chi connectivity index (χ2v) is 8.07. The van der Waals surface area contributed by atoms with E-state index in [0.29, 0.717) is 0 Å². The van der Waals surface area contributed by atoms with Gasteiger partial charge < -0.3 is 36.0 Å². The Bertz CT molecular complexity index is 1020. The number of nitrogens with one attached hydrogen (secondary N) is 2. The van der Waals surface area contributed by atoms with Crippen LogP contribution in [0.25, 0.3) is 11.2 Å². The van der Waals surface area contributed by atoms with Gasteiger partial charge in [0.05, 0.1) is 19.5 Å². The molecule has 1 unspecified atom stereocenters. The Morgan fingerprint density at radius 2 is 2.00 bits per heavy atom. The van der Waals surface area contributed by atoms with Crippen LogP contribution in [0.5, 0.6) is 0 Å². The molecule has 1 amide bonds. The standard InChI is InChI=1S/C14H20N7O9P/c15-12-9-13(18-4-17-12)21(5-19-9)14-11(26)10(25)6(30-14)3-29-31(27,28)20-1-7(22)16-2-8(23)24/h4-6,10-11,14,25-26H,1-3H2,(H,16,22)(H,23,24)(H2,15,17,18)(H2,20,27,28)/t6-,10-,11-,14-/m1/s1. The highest BCUT2D eigenvalue weighted by Gasteiger charge is 2.45. The number of aromatic nitrogens is 4. The molecule has 1 fully saturated rings. The largest absolute Gasteiger partial charge is 0.480 e. The Kier molecular flexibility index (Phi) is 6.80. The van der Waals surface area contributed by atoms with Crippen molar-refractivity contribution in [3.63, 3.8) is 0 Å². The van der Waals surface area contributed by atoms with E-state index in [1.165, 1.54) is 17.2 Å². The van der Waals surface area contributed by atoms with Crippen LogP contribution in [0.1, 0.15) is 6.23 Å².